The Morgan fingerprint density at radius 2 is 1.79 bits per heavy atom. The van der Waals surface area contributed by atoms with E-state index in [2.05, 4.69) is 5.32 Å². The van der Waals surface area contributed by atoms with Gasteiger partial charge in [0.2, 0.25) is 5.91 Å². The lowest BCUT2D eigenvalue weighted by molar-refractivity contribution is -0.172. The minimum Gasteiger partial charge on any atom is -0.344 e. The summed E-state index contributed by atoms with van der Waals surface area (Å²) in [5.41, 5.74) is 5.70. The molecule has 0 aromatic carbocycles. The van der Waals surface area contributed by atoms with Gasteiger partial charge < -0.3 is 11.1 Å². The van der Waals surface area contributed by atoms with E-state index >= 15 is 0 Å². The average Bonchev–Trinajstić information content (AvgIpc) is 2.94. The highest BCUT2D eigenvalue weighted by Crippen LogP contribution is 2.36. The van der Waals surface area contributed by atoms with Gasteiger partial charge in [0.25, 0.3) is 0 Å². The molecule has 0 saturated heterocycles. The van der Waals surface area contributed by atoms with Crippen molar-refractivity contribution < 1.29 is 18.0 Å². The molecule has 6 heteroatoms. The fraction of sp³-hybridized carbons (Fsp3) is 0.923. The molecular weight excluding hydrogens is 257 g/mol. The Labute approximate surface area is 111 Å². The Bertz CT molecular complexity index is 326. The second-order valence-corrected chi connectivity index (χ2v) is 5.84. The zero-order chi connectivity index (χ0) is 14.0. The predicted octanol–water partition coefficient (Wildman–Crippen LogP) is 2.35. The van der Waals surface area contributed by atoms with Gasteiger partial charge in [0.05, 0.1) is 0 Å². The van der Waals surface area contributed by atoms with Crippen LogP contribution in [0.5, 0.6) is 0 Å². The van der Waals surface area contributed by atoms with E-state index < -0.39 is 24.0 Å². The summed E-state index contributed by atoms with van der Waals surface area (Å²) in [4.78, 5) is 11.9. The van der Waals surface area contributed by atoms with Crippen LogP contribution in [0.3, 0.4) is 0 Å². The molecule has 0 aromatic rings. The summed E-state index contributed by atoms with van der Waals surface area (Å²) in [7, 11) is 0. The second-order valence-electron chi connectivity index (χ2n) is 5.84. The first-order valence-corrected chi connectivity index (χ1v) is 7.00. The lowest BCUT2D eigenvalue weighted by Gasteiger charge is -2.28. The third-order valence-corrected chi connectivity index (χ3v) is 4.37. The van der Waals surface area contributed by atoms with Crippen molar-refractivity contribution in [1.29, 1.82) is 0 Å². The van der Waals surface area contributed by atoms with Gasteiger partial charge >= 0.3 is 6.18 Å². The fourth-order valence-electron chi connectivity index (χ4n) is 3.28. The maximum Gasteiger partial charge on any atom is 0.408 e. The minimum absolute atomic E-state index is 0.0495. The highest BCUT2D eigenvalue weighted by atomic mass is 19.4. The lowest BCUT2D eigenvalue weighted by atomic mass is 9.96. The predicted molar refractivity (Wildman–Crippen MR) is 65.3 cm³/mol. The Hall–Kier alpha value is -0.780. The maximum atomic E-state index is 13.1. The Balaban J connectivity index is 1.97. The average molecular weight is 278 g/mol. The van der Waals surface area contributed by atoms with Crippen LogP contribution in [0.25, 0.3) is 0 Å². The van der Waals surface area contributed by atoms with Crippen LogP contribution >= 0.6 is 0 Å². The molecule has 3 atom stereocenters. The molecule has 2 saturated carbocycles. The third-order valence-electron chi connectivity index (χ3n) is 4.37. The van der Waals surface area contributed by atoms with Gasteiger partial charge in [-0.2, -0.15) is 13.2 Å². The summed E-state index contributed by atoms with van der Waals surface area (Å²) in [6.07, 6.45) is 0.207. The topological polar surface area (TPSA) is 55.1 Å². The van der Waals surface area contributed by atoms with E-state index in [4.69, 9.17) is 5.73 Å². The molecule has 0 radical (unpaired) electrons. The molecule has 1 amide bonds. The number of nitrogens with one attached hydrogen (secondary N) is 1. The highest BCUT2D eigenvalue weighted by Gasteiger charge is 2.47. The number of alkyl halides is 3. The summed E-state index contributed by atoms with van der Waals surface area (Å²) in [5, 5.41) is 2.24. The van der Waals surface area contributed by atoms with Crippen LogP contribution < -0.4 is 11.1 Å². The molecule has 2 fully saturated rings. The molecule has 0 spiro atoms. The van der Waals surface area contributed by atoms with E-state index in [1.54, 1.807) is 0 Å². The first-order chi connectivity index (χ1) is 8.88. The van der Waals surface area contributed by atoms with Crippen LogP contribution in [-0.2, 0) is 4.79 Å². The smallest absolute Gasteiger partial charge is 0.344 e. The normalized spacial score (nSPS) is 30.5. The van der Waals surface area contributed by atoms with Crippen molar-refractivity contribution in [3.8, 4) is 0 Å². The van der Waals surface area contributed by atoms with Crippen LogP contribution in [0.15, 0.2) is 0 Å². The van der Waals surface area contributed by atoms with Gasteiger partial charge in [0.15, 0.2) is 0 Å². The van der Waals surface area contributed by atoms with E-state index in [0.29, 0.717) is 25.7 Å². The molecule has 3 unspecified atom stereocenters. The van der Waals surface area contributed by atoms with Crippen LogP contribution in [0.2, 0.25) is 0 Å². The van der Waals surface area contributed by atoms with Gasteiger partial charge in [-0.1, -0.05) is 12.8 Å². The molecule has 2 aliphatic rings. The molecule has 2 aliphatic carbocycles. The number of nitrogens with two attached hydrogens (primary N) is 1. The molecular formula is C13H21F3N2O. The minimum atomic E-state index is -4.36. The molecule has 110 valence electrons. The summed E-state index contributed by atoms with van der Waals surface area (Å²) in [6.45, 7) is 0. The zero-order valence-corrected chi connectivity index (χ0v) is 10.9. The van der Waals surface area contributed by atoms with Crippen LogP contribution in [0.1, 0.15) is 44.9 Å². The number of carbonyl (C=O) groups excluding carboxylic acids is 1. The number of hydrogen-bond donors (Lipinski definition) is 2. The molecule has 3 nitrogen and oxygen atoms in total. The standard InChI is InChI=1S/C13H21F3N2O/c14-13(15,16)11(8-3-1-2-4-8)18-12(19)9-5-6-10(17)7-9/h8-11H,1-7,17H2,(H,18,19). The SMILES string of the molecule is NC1CCC(C(=O)NC(C2CCCC2)C(F)(F)F)C1. The van der Waals surface area contributed by atoms with E-state index in [1.165, 1.54) is 0 Å². The third kappa shape index (κ3) is 3.61. The van der Waals surface area contributed by atoms with Crippen LogP contribution in [0.4, 0.5) is 13.2 Å². The van der Waals surface area contributed by atoms with Gasteiger partial charge in [-0.15, -0.1) is 0 Å². The molecule has 0 bridgehead atoms. The van der Waals surface area contributed by atoms with Crippen molar-refractivity contribution in [2.45, 2.75) is 63.2 Å². The van der Waals surface area contributed by atoms with Crippen molar-refractivity contribution in [3.05, 3.63) is 0 Å². The Morgan fingerprint density at radius 3 is 2.26 bits per heavy atom. The molecule has 2 rings (SSSR count). The van der Waals surface area contributed by atoms with Crippen molar-refractivity contribution in [1.82, 2.24) is 5.32 Å². The quantitative estimate of drug-likeness (QED) is 0.832. The van der Waals surface area contributed by atoms with Crippen molar-refractivity contribution in [2.24, 2.45) is 17.6 Å². The first-order valence-electron chi connectivity index (χ1n) is 7.00. The van der Waals surface area contributed by atoms with Gasteiger partial charge in [0, 0.05) is 12.0 Å². The monoisotopic (exact) mass is 278 g/mol. The van der Waals surface area contributed by atoms with E-state index in [1.807, 2.05) is 0 Å². The number of hydrogen-bond acceptors (Lipinski definition) is 2. The second kappa shape index (κ2) is 5.69. The number of halogens is 3. The Morgan fingerprint density at radius 1 is 1.16 bits per heavy atom. The van der Waals surface area contributed by atoms with Crippen LogP contribution in [-0.4, -0.2) is 24.2 Å². The van der Waals surface area contributed by atoms with Crippen molar-refractivity contribution in [2.75, 3.05) is 0 Å². The highest BCUT2D eigenvalue weighted by molar-refractivity contribution is 5.79. The molecule has 0 aliphatic heterocycles. The first kappa shape index (κ1) is 14.6. The van der Waals surface area contributed by atoms with Gasteiger partial charge in [0.1, 0.15) is 6.04 Å². The lowest BCUT2D eigenvalue weighted by Crippen LogP contribution is -2.51. The van der Waals surface area contributed by atoms with Crippen molar-refractivity contribution >= 4 is 5.91 Å². The number of rotatable bonds is 3. The number of carbonyl (C=O) groups is 1. The summed E-state index contributed by atoms with van der Waals surface area (Å²) < 4.78 is 39.2. The fourth-order valence-corrected chi connectivity index (χ4v) is 3.28. The van der Waals surface area contributed by atoms with Gasteiger partial charge in [-0.05, 0) is 38.0 Å². The van der Waals surface area contributed by atoms with Gasteiger partial charge in [-0.25, -0.2) is 0 Å². The maximum absolute atomic E-state index is 13.1. The number of amides is 1. The van der Waals surface area contributed by atoms with Gasteiger partial charge in [-0.3, -0.25) is 4.79 Å². The molecule has 3 N–H and O–H groups in total. The zero-order valence-electron chi connectivity index (χ0n) is 10.9. The summed E-state index contributed by atoms with van der Waals surface area (Å²) >= 11 is 0. The molecule has 0 heterocycles. The van der Waals surface area contributed by atoms with E-state index in [-0.39, 0.29) is 12.0 Å². The van der Waals surface area contributed by atoms with E-state index in [0.717, 1.165) is 19.3 Å². The van der Waals surface area contributed by atoms with Crippen molar-refractivity contribution in [3.63, 3.8) is 0 Å². The Kier molecular flexibility index (Phi) is 4.38. The van der Waals surface area contributed by atoms with Crippen LogP contribution in [0, 0.1) is 11.8 Å². The molecule has 19 heavy (non-hydrogen) atoms. The largest absolute Gasteiger partial charge is 0.408 e. The van der Waals surface area contributed by atoms with E-state index in [9.17, 15) is 18.0 Å². The molecule has 0 aromatic heterocycles. The summed E-state index contributed by atoms with van der Waals surface area (Å²) in [6, 6.07) is -1.73. The summed E-state index contributed by atoms with van der Waals surface area (Å²) in [5.74, 6) is -1.28.